The maximum Gasteiger partial charge on any atom is 0.0641 e. The predicted octanol–water partition coefficient (Wildman–Crippen LogP) is 14.7. The van der Waals surface area contributed by atoms with E-state index in [1.54, 1.807) is 0 Å². The fourth-order valence-electron chi connectivity index (χ4n) is 8.98. The average Bonchev–Trinajstić information content (AvgIpc) is 3.91. The monoisotopic (exact) mass is 716 g/mol. The summed E-state index contributed by atoms with van der Waals surface area (Å²) in [4.78, 5) is 0. The smallest absolute Gasteiger partial charge is 0.0641 e. The summed E-state index contributed by atoms with van der Waals surface area (Å²) in [5.74, 6) is 0. The van der Waals surface area contributed by atoms with Crippen LogP contribution in [0.1, 0.15) is 0 Å². The number of benzene rings is 9. The maximum absolute atomic E-state index is 2.52. The molecule has 2 nitrogen and oxygen atoms in total. The van der Waals surface area contributed by atoms with Crippen molar-refractivity contribution in [2.24, 2.45) is 0 Å². The summed E-state index contributed by atoms with van der Waals surface area (Å²) in [7, 11) is 0. The highest BCUT2D eigenvalue weighted by molar-refractivity contribution is 7.26. The number of rotatable bonds is 4. The molecule has 0 saturated carbocycles. The molecule has 0 N–H and O–H groups in total. The van der Waals surface area contributed by atoms with E-state index >= 15 is 0 Å². The summed E-state index contributed by atoms with van der Waals surface area (Å²) >= 11 is 1.89. The standard InChI is InChI=1S/C52H32N2S/c1-2-11-33(12-3-1)34-21-26-38(27-22-34)53-46-18-8-6-15-40(46)44-31-36(24-29-47(44)53)37-25-30-48-45(32-37)42-28-23-35-13-4-5-14-39(35)51(42)54(48)49-19-10-17-43-41-16-7-9-20-50(41)55-52(43)49/h1-32H. The highest BCUT2D eigenvalue weighted by atomic mass is 32.1. The van der Waals surface area contributed by atoms with Gasteiger partial charge in [0.25, 0.3) is 0 Å². The zero-order valence-corrected chi connectivity index (χ0v) is 30.6. The lowest BCUT2D eigenvalue weighted by atomic mass is 10.00. The molecule has 0 fully saturated rings. The Balaban J connectivity index is 1.06. The number of nitrogens with zero attached hydrogens (tertiary/aromatic N) is 2. The van der Waals surface area contributed by atoms with Crippen LogP contribution in [0.2, 0.25) is 0 Å². The molecule has 9 aromatic carbocycles. The van der Waals surface area contributed by atoms with Crippen LogP contribution >= 0.6 is 11.3 Å². The van der Waals surface area contributed by atoms with Gasteiger partial charge in [-0.15, -0.1) is 11.3 Å². The van der Waals surface area contributed by atoms with Crippen LogP contribution in [0.3, 0.4) is 0 Å². The number of aromatic nitrogens is 2. The molecule has 0 aliphatic rings. The van der Waals surface area contributed by atoms with Crippen LogP contribution in [0.25, 0.3) is 108 Å². The van der Waals surface area contributed by atoms with Crippen LogP contribution < -0.4 is 0 Å². The van der Waals surface area contributed by atoms with Crippen molar-refractivity contribution in [3.63, 3.8) is 0 Å². The van der Waals surface area contributed by atoms with Crippen LogP contribution in [0.15, 0.2) is 194 Å². The third kappa shape index (κ3) is 4.54. The largest absolute Gasteiger partial charge is 0.309 e. The van der Waals surface area contributed by atoms with Crippen molar-refractivity contribution in [1.82, 2.24) is 9.13 Å². The Morgan fingerprint density at radius 2 is 0.927 bits per heavy atom. The Hall–Kier alpha value is -6.94. The van der Waals surface area contributed by atoms with Crippen LogP contribution in [-0.4, -0.2) is 9.13 Å². The number of thiophene rings is 1. The SMILES string of the molecule is c1ccc(-c2ccc(-n3c4ccccc4c4cc(-c5ccc6c(c5)c5ccc7ccccc7c5n6-c5cccc6c5sc5ccccc56)ccc43)cc2)cc1. The van der Waals surface area contributed by atoms with Gasteiger partial charge in [-0.2, -0.15) is 0 Å². The van der Waals surface area contributed by atoms with Crippen LogP contribution in [0.5, 0.6) is 0 Å². The average molecular weight is 717 g/mol. The third-order valence-corrected chi connectivity index (χ3v) is 12.7. The zero-order chi connectivity index (χ0) is 36.0. The Morgan fingerprint density at radius 3 is 1.75 bits per heavy atom. The summed E-state index contributed by atoms with van der Waals surface area (Å²) < 4.78 is 7.56. The molecule has 256 valence electrons. The molecule has 0 aliphatic heterocycles. The quantitative estimate of drug-likeness (QED) is 0.172. The van der Waals surface area contributed by atoms with E-state index in [1.807, 2.05) is 11.3 Å². The second-order valence-electron chi connectivity index (χ2n) is 14.5. The molecule has 0 radical (unpaired) electrons. The van der Waals surface area contributed by atoms with Crippen LogP contribution in [0.4, 0.5) is 0 Å². The van der Waals surface area contributed by atoms with Crippen molar-refractivity contribution in [1.29, 1.82) is 0 Å². The molecule has 12 rings (SSSR count). The van der Waals surface area contributed by atoms with Gasteiger partial charge >= 0.3 is 0 Å². The van der Waals surface area contributed by atoms with E-state index in [9.17, 15) is 0 Å². The second kappa shape index (κ2) is 11.8. The zero-order valence-electron chi connectivity index (χ0n) is 29.8. The maximum atomic E-state index is 2.52. The summed E-state index contributed by atoms with van der Waals surface area (Å²) in [6.45, 7) is 0. The molecular weight excluding hydrogens is 685 g/mol. The fourth-order valence-corrected chi connectivity index (χ4v) is 10.2. The Kier molecular flexibility index (Phi) is 6.54. The highest BCUT2D eigenvalue weighted by Crippen LogP contribution is 2.44. The molecule has 0 saturated heterocycles. The Morgan fingerprint density at radius 1 is 0.327 bits per heavy atom. The topological polar surface area (TPSA) is 9.86 Å². The molecule has 0 atom stereocenters. The summed E-state index contributed by atoms with van der Waals surface area (Å²) in [6, 6.07) is 71.4. The van der Waals surface area contributed by atoms with E-state index in [1.165, 1.54) is 102 Å². The van der Waals surface area contributed by atoms with Gasteiger partial charge in [-0.3, -0.25) is 0 Å². The summed E-state index contributed by atoms with van der Waals surface area (Å²) in [5, 5.41) is 10.2. The minimum absolute atomic E-state index is 1.16. The second-order valence-corrected chi connectivity index (χ2v) is 15.6. The highest BCUT2D eigenvalue weighted by Gasteiger charge is 2.20. The molecule has 0 amide bonds. The van der Waals surface area contributed by atoms with Crippen molar-refractivity contribution < 1.29 is 0 Å². The Labute approximate surface area is 321 Å². The van der Waals surface area contributed by atoms with Crippen molar-refractivity contribution >= 4 is 85.9 Å². The molecule has 0 unspecified atom stereocenters. The molecule has 0 spiro atoms. The molecule has 3 heteroatoms. The van der Waals surface area contributed by atoms with Crippen molar-refractivity contribution in [2.45, 2.75) is 0 Å². The van der Waals surface area contributed by atoms with Crippen molar-refractivity contribution in [3.8, 4) is 33.6 Å². The molecule has 0 aliphatic carbocycles. The fraction of sp³-hybridized carbons (Fsp3) is 0. The molecule has 0 bridgehead atoms. The van der Waals surface area contributed by atoms with E-state index in [-0.39, 0.29) is 0 Å². The number of hydrogen-bond donors (Lipinski definition) is 0. The Bertz CT molecular complexity index is 3470. The summed E-state index contributed by atoms with van der Waals surface area (Å²) in [6.07, 6.45) is 0. The lowest BCUT2D eigenvalue weighted by Gasteiger charge is -2.11. The van der Waals surface area contributed by atoms with E-state index < -0.39 is 0 Å². The van der Waals surface area contributed by atoms with Gasteiger partial charge in [0.05, 0.1) is 32.5 Å². The minimum Gasteiger partial charge on any atom is -0.309 e. The van der Waals surface area contributed by atoms with Gasteiger partial charge < -0.3 is 9.13 Å². The van der Waals surface area contributed by atoms with Crippen molar-refractivity contribution in [3.05, 3.63) is 194 Å². The first-order valence-electron chi connectivity index (χ1n) is 18.8. The van der Waals surface area contributed by atoms with E-state index in [0.717, 1.165) is 5.69 Å². The van der Waals surface area contributed by atoms with E-state index in [4.69, 9.17) is 0 Å². The summed E-state index contributed by atoms with van der Waals surface area (Å²) in [5.41, 5.74) is 12.2. The molecule has 3 heterocycles. The minimum atomic E-state index is 1.16. The first-order chi connectivity index (χ1) is 27.3. The van der Waals surface area contributed by atoms with Gasteiger partial charge in [0.1, 0.15) is 0 Å². The third-order valence-electron chi connectivity index (χ3n) is 11.5. The number of para-hydroxylation sites is 1. The molecular formula is C52H32N2S. The normalized spacial score (nSPS) is 12.0. The molecule has 3 aromatic heterocycles. The lowest BCUT2D eigenvalue weighted by molar-refractivity contribution is 1.18. The number of hydrogen-bond acceptors (Lipinski definition) is 1. The van der Waals surface area contributed by atoms with Gasteiger partial charge in [0.2, 0.25) is 0 Å². The van der Waals surface area contributed by atoms with E-state index in [0.29, 0.717) is 0 Å². The van der Waals surface area contributed by atoms with Crippen LogP contribution in [0, 0.1) is 0 Å². The first-order valence-corrected chi connectivity index (χ1v) is 19.7. The van der Waals surface area contributed by atoms with E-state index in [2.05, 4.69) is 203 Å². The van der Waals surface area contributed by atoms with Gasteiger partial charge in [-0.25, -0.2) is 0 Å². The molecule has 12 aromatic rings. The van der Waals surface area contributed by atoms with Gasteiger partial charge in [-0.05, 0) is 82.2 Å². The lowest BCUT2D eigenvalue weighted by Crippen LogP contribution is -1.95. The number of fused-ring (bicyclic) bond motifs is 11. The first kappa shape index (κ1) is 30.5. The van der Waals surface area contributed by atoms with Crippen LogP contribution in [-0.2, 0) is 0 Å². The van der Waals surface area contributed by atoms with Gasteiger partial charge in [0.15, 0.2) is 0 Å². The van der Waals surface area contributed by atoms with Gasteiger partial charge in [-0.1, -0.05) is 140 Å². The van der Waals surface area contributed by atoms with Crippen molar-refractivity contribution in [2.75, 3.05) is 0 Å². The molecule has 55 heavy (non-hydrogen) atoms. The van der Waals surface area contributed by atoms with Gasteiger partial charge in [0, 0.05) is 48.1 Å². The predicted molar refractivity (Wildman–Crippen MR) is 236 cm³/mol.